The zero-order chi connectivity index (χ0) is 11.7. The van der Waals surface area contributed by atoms with Crippen molar-refractivity contribution in [3.63, 3.8) is 0 Å². The van der Waals surface area contributed by atoms with Crippen LogP contribution in [0.2, 0.25) is 0 Å². The van der Waals surface area contributed by atoms with E-state index >= 15 is 0 Å². The predicted octanol–water partition coefficient (Wildman–Crippen LogP) is 2.21. The van der Waals surface area contributed by atoms with E-state index < -0.39 is 0 Å². The van der Waals surface area contributed by atoms with Crippen LogP contribution in [0.25, 0.3) is 0 Å². The zero-order valence-electron chi connectivity index (χ0n) is 9.13. The third-order valence-corrected chi connectivity index (χ3v) is 2.70. The van der Waals surface area contributed by atoms with Crippen LogP contribution in [0.15, 0.2) is 47.1 Å². The van der Waals surface area contributed by atoms with E-state index in [0.29, 0.717) is 6.54 Å². The fourth-order valence-corrected chi connectivity index (χ4v) is 1.89. The number of furan rings is 1. The van der Waals surface area contributed by atoms with E-state index in [-0.39, 0.29) is 12.5 Å². The second-order valence-electron chi connectivity index (χ2n) is 3.82. The molecule has 17 heavy (non-hydrogen) atoms. The molecule has 4 heteroatoms. The van der Waals surface area contributed by atoms with Crippen molar-refractivity contribution in [2.24, 2.45) is 0 Å². The summed E-state index contributed by atoms with van der Waals surface area (Å²) in [6.45, 7) is 0.518. The van der Waals surface area contributed by atoms with Gasteiger partial charge in [0.2, 0.25) is 0 Å². The van der Waals surface area contributed by atoms with Gasteiger partial charge in [0.1, 0.15) is 11.5 Å². The van der Waals surface area contributed by atoms with Crippen LogP contribution in [0.1, 0.15) is 5.76 Å². The van der Waals surface area contributed by atoms with E-state index in [4.69, 9.17) is 9.15 Å². The van der Waals surface area contributed by atoms with Gasteiger partial charge in [0.25, 0.3) is 5.91 Å². The Kier molecular flexibility index (Phi) is 2.33. The largest absolute Gasteiger partial charge is 0.482 e. The molecule has 0 saturated heterocycles. The molecule has 0 aliphatic carbocycles. The summed E-state index contributed by atoms with van der Waals surface area (Å²) in [5.74, 6) is 1.44. The molecule has 4 nitrogen and oxygen atoms in total. The van der Waals surface area contributed by atoms with Gasteiger partial charge in [0.05, 0.1) is 18.5 Å². The molecule has 0 spiro atoms. The van der Waals surface area contributed by atoms with Crippen molar-refractivity contribution in [2.45, 2.75) is 6.54 Å². The summed E-state index contributed by atoms with van der Waals surface area (Å²) in [6.07, 6.45) is 1.60. The SMILES string of the molecule is O=C1COc2ccccc2N1Cc1ccco1. The maximum Gasteiger partial charge on any atom is 0.265 e. The number of carbonyl (C=O) groups is 1. The quantitative estimate of drug-likeness (QED) is 0.792. The molecule has 0 atom stereocenters. The summed E-state index contributed by atoms with van der Waals surface area (Å²) >= 11 is 0. The Hall–Kier alpha value is -2.23. The topological polar surface area (TPSA) is 42.7 Å². The maximum atomic E-state index is 11.8. The molecular weight excluding hydrogens is 218 g/mol. The molecule has 0 bridgehead atoms. The average Bonchev–Trinajstić information content (AvgIpc) is 2.86. The summed E-state index contributed by atoms with van der Waals surface area (Å²) in [6, 6.07) is 11.2. The first-order valence-electron chi connectivity index (χ1n) is 5.39. The van der Waals surface area contributed by atoms with Crippen LogP contribution in [0.5, 0.6) is 5.75 Å². The lowest BCUT2D eigenvalue weighted by Crippen LogP contribution is -2.38. The Bertz CT molecular complexity index is 533. The van der Waals surface area contributed by atoms with Gasteiger partial charge < -0.3 is 9.15 Å². The highest BCUT2D eigenvalue weighted by molar-refractivity contribution is 5.97. The van der Waals surface area contributed by atoms with Gasteiger partial charge in [0.15, 0.2) is 6.61 Å². The molecule has 2 heterocycles. The lowest BCUT2D eigenvalue weighted by Gasteiger charge is -2.28. The summed E-state index contributed by atoms with van der Waals surface area (Å²) < 4.78 is 10.6. The van der Waals surface area contributed by atoms with E-state index in [1.807, 2.05) is 36.4 Å². The number of fused-ring (bicyclic) bond motifs is 1. The number of hydrogen-bond acceptors (Lipinski definition) is 3. The van der Waals surface area contributed by atoms with Gasteiger partial charge in [-0.05, 0) is 24.3 Å². The molecule has 0 radical (unpaired) electrons. The van der Waals surface area contributed by atoms with E-state index in [2.05, 4.69) is 0 Å². The summed E-state index contributed by atoms with van der Waals surface area (Å²) in [5.41, 5.74) is 0.792. The van der Waals surface area contributed by atoms with Crippen LogP contribution in [0, 0.1) is 0 Å². The van der Waals surface area contributed by atoms with E-state index in [9.17, 15) is 4.79 Å². The number of ether oxygens (including phenoxy) is 1. The highest BCUT2D eigenvalue weighted by Crippen LogP contribution is 2.32. The standard InChI is InChI=1S/C13H11NO3/c15-13-9-17-12-6-2-1-5-11(12)14(13)8-10-4-3-7-16-10/h1-7H,8-9H2. The molecule has 0 fully saturated rings. The Morgan fingerprint density at radius 2 is 2.06 bits per heavy atom. The predicted molar refractivity (Wildman–Crippen MR) is 61.8 cm³/mol. The Morgan fingerprint density at radius 1 is 1.18 bits per heavy atom. The van der Waals surface area contributed by atoms with Crippen LogP contribution in [-0.2, 0) is 11.3 Å². The Labute approximate surface area is 98.4 Å². The molecule has 1 aromatic carbocycles. The highest BCUT2D eigenvalue weighted by atomic mass is 16.5. The number of benzene rings is 1. The normalized spacial score (nSPS) is 14.4. The molecule has 86 valence electrons. The Morgan fingerprint density at radius 3 is 2.88 bits per heavy atom. The summed E-state index contributed by atoms with van der Waals surface area (Å²) in [5, 5.41) is 0. The van der Waals surface area contributed by atoms with Crippen LogP contribution < -0.4 is 9.64 Å². The molecule has 3 rings (SSSR count). The molecule has 2 aromatic rings. The maximum absolute atomic E-state index is 11.8. The number of amides is 1. The zero-order valence-corrected chi connectivity index (χ0v) is 9.13. The summed E-state index contributed by atoms with van der Waals surface area (Å²) in [7, 11) is 0. The number of rotatable bonds is 2. The minimum absolute atomic E-state index is 0.0555. The smallest absolute Gasteiger partial charge is 0.265 e. The lowest BCUT2D eigenvalue weighted by atomic mass is 10.2. The fourth-order valence-electron chi connectivity index (χ4n) is 1.89. The fraction of sp³-hybridized carbons (Fsp3) is 0.154. The van der Waals surface area contributed by atoms with Gasteiger partial charge in [-0.1, -0.05) is 12.1 Å². The van der Waals surface area contributed by atoms with E-state index in [1.165, 1.54) is 0 Å². The summed E-state index contributed by atoms with van der Waals surface area (Å²) in [4.78, 5) is 13.5. The number of hydrogen-bond donors (Lipinski definition) is 0. The molecule has 1 aliphatic heterocycles. The van der Waals surface area contributed by atoms with Gasteiger partial charge in [-0.2, -0.15) is 0 Å². The molecule has 0 unspecified atom stereocenters. The van der Waals surface area contributed by atoms with Gasteiger partial charge in [-0.3, -0.25) is 9.69 Å². The van der Waals surface area contributed by atoms with Crippen molar-refractivity contribution in [3.8, 4) is 5.75 Å². The average molecular weight is 229 g/mol. The molecule has 0 N–H and O–H groups in total. The van der Waals surface area contributed by atoms with Crippen LogP contribution in [0.4, 0.5) is 5.69 Å². The number of nitrogens with zero attached hydrogens (tertiary/aromatic N) is 1. The number of para-hydroxylation sites is 2. The first-order chi connectivity index (χ1) is 8.34. The third kappa shape index (κ3) is 1.78. The molecule has 1 aliphatic rings. The van der Waals surface area contributed by atoms with E-state index in [0.717, 1.165) is 17.2 Å². The first kappa shape index (κ1) is 9.96. The van der Waals surface area contributed by atoms with Gasteiger partial charge in [-0.15, -0.1) is 0 Å². The second kappa shape index (κ2) is 3.97. The molecule has 1 amide bonds. The lowest BCUT2D eigenvalue weighted by molar-refractivity contribution is -0.121. The van der Waals surface area contributed by atoms with Crippen LogP contribution in [0.3, 0.4) is 0 Å². The highest BCUT2D eigenvalue weighted by Gasteiger charge is 2.25. The first-order valence-corrected chi connectivity index (χ1v) is 5.39. The van der Waals surface area contributed by atoms with Crippen molar-refractivity contribution < 1.29 is 13.9 Å². The number of carbonyl (C=O) groups excluding carboxylic acids is 1. The van der Waals surface area contributed by atoms with Crippen molar-refractivity contribution >= 4 is 11.6 Å². The second-order valence-corrected chi connectivity index (χ2v) is 3.82. The van der Waals surface area contributed by atoms with Crippen molar-refractivity contribution in [1.82, 2.24) is 0 Å². The van der Waals surface area contributed by atoms with Crippen molar-refractivity contribution in [3.05, 3.63) is 48.4 Å². The third-order valence-electron chi connectivity index (χ3n) is 2.70. The molecule has 0 saturated carbocycles. The van der Waals surface area contributed by atoms with Crippen molar-refractivity contribution in [1.29, 1.82) is 0 Å². The van der Waals surface area contributed by atoms with Gasteiger partial charge in [0, 0.05) is 0 Å². The number of anilines is 1. The monoisotopic (exact) mass is 229 g/mol. The minimum atomic E-state index is -0.0555. The molecule has 1 aromatic heterocycles. The Balaban J connectivity index is 1.95. The van der Waals surface area contributed by atoms with Crippen LogP contribution >= 0.6 is 0 Å². The van der Waals surface area contributed by atoms with Crippen molar-refractivity contribution in [2.75, 3.05) is 11.5 Å². The van der Waals surface area contributed by atoms with E-state index in [1.54, 1.807) is 11.2 Å². The van der Waals surface area contributed by atoms with Crippen LogP contribution in [-0.4, -0.2) is 12.5 Å². The van der Waals surface area contributed by atoms with Gasteiger partial charge in [-0.25, -0.2) is 0 Å². The molecular formula is C13H11NO3. The minimum Gasteiger partial charge on any atom is -0.482 e. The van der Waals surface area contributed by atoms with Gasteiger partial charge >= 0.3 is 0 Å².